The van der Waals surface area contributed by atoms with E-state index in [4.69, 9.17) is 17.0 Å². The number of rotatable bonds is 5. The van der Waals surface area contributed by atoms with E-state index in [2.05, 4.69) is 6.92 Å². The Labute approximate surface area is 109 Å². The van der Waals surface area contributed by atoms with Crippen LogP contribution < -0.4 is 0 Å². The standard InChI is InChI=1S/C12H22O2S2/c1-6-7-8-14-10(13)9(11(15)16-5)12(2,3)4/h9H,6-8H2,1-5H3/t9-/m1/s1. The van der Waals surface area contributed by atoms with Crippen LogP contribution in [-0.4, -0.2) is 23.0 Å². The summed E-state index contributed by atoms with van der Waals surface area (Å²) in [5, 5.41) is 0. The van der Waals surface area contributed by atoms with Crippen molar-refractivity contribution in [2.24, 2.45) is 11.3 Å². The molecule has 0 heterocycles. The molecule has 0 fully saturated rings. The maximum Gasteiger partial charge on any atom is 0.315 e. The van der Waals surface area contributed by atoms with Gasteiger partial charge in [-0.05, 0) is 18.1 Å². The number of esters is 1. The number of thioether (sulfide) groups is 1. The van der Waals surface area contributed by atoms with Crippen molar-refractivity contribution in [3.8, 4) is 0 Å². The Morgan fingerprint density at radius 1 is 1.44 bits per heavy atom. The Hall–Kier alpha value is -0.0900. The second-order valence-corrected chi connectivity index (χ2v) is 6.39. The number of hydrogen-bond acceptors (Lipinski definition) is 4. The highest BCUT2D eigenvalue weighted by Crippen LogP contribution is 2.31. The first-order valence-electron chi connectivity index (χ1n) is 5.59. The highest BCUT2D eigenvalue weighted by molar-refractivity contribution is 8.22. The molecule has 2 nitrogen and oxygen atoms in total. The lowest BCUT2D eigenvalue weighted by molar-refractivity contribution is -0.148. The zero-order valence-corrected chi connectivity index (χ0v) is 12.5. The van der Waals surface area contributed by atoms with Crippen molar-refractivity contribution in [2.45, 2.75) is 40.5 Å². The van der Waals surface area contributed by atoms with Crippen LogP contribution in [0.1, 0.15) is 40.5 Å². The third kappa shape index (κ3) is 5.30. The molecule has 94 valence electrons. The van der Waals surface area contributed by atoms with Gasteiger partial charge < -0.3 is 4.74 Å². The number of carbonyl (C=O) groups is 1. The van der Waals surface area contributed by atoms with Gasteiger partial charge in [0.15, 0.2) is 0 Å². The van der Waals surface area contributed by atoms with E-state index in [1.807, 2.05) is 27.0 Å². The molecule has 0 radical (unpaired) electrons. The Balaban J connectivity index is 4.53. The molecule has 0 aliphatic carbocycles. The van der Waals surface area contributed by atoms with Gasteiger partial charge in [-0.2, -0.15) is 0 Å². The predicted octanol–water partition coefficient (Wildman–Crippen LogP) is 3.68. The van der Waals surface area contributed by atoms with Crippen LogP contribution in [0.5, 0.6) is 0 Å². The van der Waals surface area contributed by atoms with E-state index in [-0.39, 0.29) is 17.3 Å². The third-order valence-electron chi connectivity index (χ3n) is 2.28. The monoisotopic (exact) mass is 262 g/mol. The molecule has 0 spiro atoms. The molecule has 0 aromatic heterocycles. The number of hydrogen-bond donors (Lipinski definition) is 0. The molecular formula is C12H22O2S2. The average molecular weight is 262 g/mol. The summed E-state index contributed by atoms with van der Waals surface area (Å²) in [6.07, 6.45) is 3.84. The molecule has 1 atom stereocenters. The Bertz CT molecular complexity index is 244. The first-order valence-corrected chi connectivity index (χ1v) is 7.22. The van der Waals surface area contributed by atoms with Crippen molar-refractivity contribution in [2.75, 3.05) is 12.9 Å². The lowest BCUT2D eigenvalue weighted by Gasteiger charge is -2.28. The highest BCUT2D eigenvalue weighted by Gasteiger charge is 2.35. The van der Waals surface area contributed by atoms with Crippen LogP contribution in [0.2, 0.25) is 0 Å². The van der Waals surface area contributed by atoms with E-state index in [1.54, 1.807) is 0 Å². The maximum absolute atomic E-state index is 11.9. The third-order valence-corrected chi connectivity index (χ3v) is 3.65. The van der Waals surface area contributed by atoms with Crippen molar-refractivity contribution in [1.29, 1.82) is 0 Å². The van der Waals surface area contributed by atoms with Crippen LogP contribution in [0.15, 0.2) is 0 Å². The lowest BCUT2D eigenvalue weighted by Crippen LogP contribution is -2.34. The molecule has 16 heavy (non-hydrogen) atoms. The zero-order valence-electron chi connectivity index (χ0n) is 10.8. The summed E-state index contributed by atoms with van der Waals surface area (Å²) >= 11 is 6.70. The Morgan fingerprint density at radius 3 is 2.38 bits per heavy atom. The van der Waals surface area contributed by atoms with E-state index in [1.165, 1.54) is 11.8 Å². The first-order chi connectivity index (χ1) is 7.34. The van der Waals surface area contributed by atoms with Gasteiger partial charge >= 0.3 is 5.97 Å². The fourth-order valence-corrected chi connectivity index (χ4v) is 2.46. The number of thiocarbonyl (C=S) groups is 1. The van der Waals surface area contributed by atoms with Gasteiger partial charge in [0.25, 0.3) is 0 Å². The van der Waals surface area contributed by atoms with Gasteiger partial charge in [0.2, 0.25) is 0 Å². The van der Waals surface area contributed by atoms with Crippen molar-refractivity contribution in [1.82, 2.24) is 0 Å². The topological polar surface area (TPSA) is 26.3 Å². The van der Waals surface area contributed by atoms with Gasteiger partial charge in [-0.1, -0.05) is 46.3 Å². The van der Waals surface area contributed by atoms with Gasteiger partial charge in [-0.3, -0.25) is 4.79 Å². The normalized spacial score (nSPS) is 13.3. The fraction of sp³-hybridized carbons (Fsp3) is 0.833. The number of ether oxygens (including phenoxy) is 1. The summed E-state index contributed by atoms with van der Waals surface area (Å²) in [7, 11) is 0. The van der Waals surface area contributed by atoms with Crippen LogP contribution >= 0.6 is 24.0 Å². The molecule has 0 bridgehead atoms. The average Bonchev–Trinajstić information content (AvgIpc) is 2.16. The minimum atomic E-state index is -0.297. The van der Waals surface area contributed by atoms with E-state index in [0.717, 1.165) is 12.8 Å². The molecule has 0 aromatic carbocycles. The van der Waals surface area contributed by atoms with Crippen LogP contribution in [-0.2, 0) is 9.53 Å². The van der Waals surface area contributed by atoms with Gasteiger partial charge in [0.05, 0.1) is 10.8 Å². The SMILES string of the molecule is CCCCOC(=O)[C@H](C(=S)SC)C(C)(C)C. The molecule has 0 amide bonds. The molecule has 0 saturated carbocycles. The number of carbonyl (C=O) groups excluding carboxylic acids is 1. The van der Waals surface area contributed by atoms with Crippen LogP contribution in [0, 0.1) is 11.3 Å². The minimum absolute atomic E-state index is 0.177. The number of unbranched alkanes of at least 4 members (excludes halogenated alkanes) is 1. The highest BCUT2D eigenvalue weighted by atomic mass is 32.2. The largest absolute Gasteiger partial charge is 0.465 e. The second kappa shape index (κ2) is 7.28. The van der Waals surface area contributed by atoms with Crippen molar-refractivity contribution < 1.29 is 9.53 Å². The van der Waals surface area contributed by atoms with Gasteiger partial charge in [0, 0.05) is 0 Å². The van der Waals surface area contributed by atoms with Gasteiger partial charge in [-0.25, -0.2) is 0 Å². The predicted molar refractivity (Wildman–Crippen MR) is 74.9 cm³/mol. The van der Waals surface area contributed by atoms with Crippen LogP contribution in [0.4, 0.5) is 0 Å². The fourth-order valence-electron chi connectivity index (χ4n) is 1.32. The molecule has 0 aliphatic heterocycles. The molecule has 0 unspecified atom stereocenters. The molecule has 0 aromatic rings. The lowest BCUT2D eigenvalue weighted by atomic mass is 9.82. The van der Waals surface area contributed by atoms with Crippen molar-refractivity contribution >= 4 is 34.1 Å². The Kier molecular flexibility index (Phi) is 7.24. The smallest absolute Gasteiger partial charge is 0.315 e. The summed E-state index contributed by atoms with van der Waals surface area (Å²) in [5.41, 5.74) is -0.177. The minimum Gasteiger partial charge on any atom is -0.465 e. The van der Waals surface area contributed by atoms with E-state index in [9.17, 15) is 4.79 Å². The summed E-state index contributed by atoms with van der Waals surface area (Å²) in [6.45, 7) is 8.62. The van der Waals surface area contributed by atoms with Gasteiger partial charge in [0.1, 0.15) is 5.92 Å². The van der Waals surface area contributed by atoms with Crippen LogP contribution in [0.3, 0.4) is 0 Å². The first kappa shape index (κ1) is 15.9. The maximum atomic E-state index is 11.9. The molecule has 0 rings (SSSR count). The zero-order chi connectivity index (χ0) is 12.8. The van der Waals surface area contributed by atoms with E-state index >= 15 is 0 Å². The van der Waals surface area contributed by atoms with Crippen molar-refractivity contribution in [3.63, 3.8) is 0 Å². The summed E-state index contributed by atoms with van der Waals surface area (Å²) in [6, 6.07) is 0. The second-order valence-electron chi connectivity index (χ2n) is 4.84. The molecule has 4 heteroatoms. The molecule has 0 aliphatic rings. The van der Waals surface area contributed by atoms with Crippen LogP contribution in [0.25, 0.3) is 0 Å². The van der Waals surface area contributed by atoms with Crippen molar-refractivity contribution in [3.05, 3.63) is 0 Å². The molecular weight excluding hydrogens is 240 g/mol. The molecule has 0 saturated heterocycles. The summed E-state index contributed by atoms with van der Waals surface area (Å²) < 4.78 is 5.97. The van der Waals surface area contributed by atoms with E-state index in [0.29, 0.717) is 10.8 Å². The summed E-state index contributed by atoms with van der Waals surface area (Å²) in [4.78, 5) is 11.9. The van der Waals surface area contributed by atoms with E-state index < -0.39 is 0 Å². The summed E-state index contributed by atoms with van der Waals surface area (Å²) in [5.74, 6) is -0.477. The molecule has 0 N–H and O–H groups in total. The quantitative estimate of drug-likeness (QED) is 0.429. The Morgan fingerprint density at radius 2 is 2.00 bits per heavy atom. The van der Waals surface area contributed by atoms with Gasteiger partial charge in [-0.15, -0.1) is 11.8 Å².